The fourth-order valence-electron chi connectivity index (χ4n) is 1.71. The summed E-state index contributed by atoms with van der Waals surface area (Å²) in [5.74, 6) is 1.01. The van der Waals surface area contributed by atoms with Crippen LogP contribution in [0.3, 0.4) is 0 Å². The molecule has 0 radical (unpaired) electrons. The topological polar surface area (TPSA) is 46.0 Å². The Kier molecular flexibility index (Phi) is 4.50. The van der Waals surface area contributed by atoms with Crippen LogP contribution in [0.2, 0.25) is 0 Å². The number of aryl methyl sites for hydroxylation is 1. The van der Waals surface area contributed by atoms with Gasteiger partial charge in [0.1, 0.15) is 11.6 Å². The van der Waals surface area contributed by atoms with E-state index in [4.69, 9.17) is 0 Å². The van der Waals surface area contributed by atoms with E-state index >= 15 is 0 Å². The van der Waals surface area contributed by atoms with Gasteiger partial charge in [0.15, 0.2) is 0 Å². The lowest BCUT2D eigenvalue weighted by atomic mass is 10.1. The molecule has 1 atom stereocenters. The lowest BCUT2D eigenvalue weighted by Crippen LogP contribution is -2.02. The molecular weight excluding hydrogens is 263 g/mol. The molecule has 19 heavy (non-hydrogen) atoms. The molecule has 0 aliphatic carbocycles. The maximum Gasteiger partial charge on any atom is 0.138 e. The second-order valence-electron chi connectivity index (χ2n) is 4.25. The molecule has 1 aromatic heterocycles. The van der Waals surface area contributed by atoms with Gasteiger partial charge in [-0.1, -0.05) is 6.07 Å². The number of thioether (sulfide) groups is 1. The summed E-state index contributed by atoms with van der Waals surface area (Å²) in [6.45, 7) is 3.53. The van der Waals surface area contributed by atoms with Crippen molar-refractivity contribution in [3.63, 3.8) is 0 Å². The van der Waals surface area contributed by atoms with E-state index in [9.17, 15) is 9.50 Å². The maximum atomic E-state index is 13.0. The molecule has 0 spiro atoms. The number of aliphatic hydroxyl groups excluding tert-OH is 1. The fraction of sp³-hybridized carbons (Fsp3) is 0.286. The van der Waals surface area contributed by atoms with E-state index < -0.39 is 6.10 Å². The zero-order valence-corrected chi connectivity index (χ0v) is 11.6. The van der Waals surface area contributed by atoms with Gasteiger partial charge in [-0.15, -0.1) is 11.8 Å². The summed E-state index contributed by atoms with van der Waals surface area (Å²) in [4.78, 5) is 9.41. The van der Waals surface area contributed by atoms with Gasteiger partial charge in [0.05, 0.1) is 11.9 Å². The van der Waals surface area contributed by atoms with Gasteiger partial charge in [-0.2, -0.15) is 0 Å². The van der Waals surface area contributed by atoms with Crippen molar-refractivity contribution in [1.82, 2.24) is 9.97 Å². The van der Waals surface area contributed by atoms with Gasteiger partial charge in [0, 0.05) is 22.3 Å². The number of rotatable bonds is 4. The summed E-state index contributed by atoms with van der Waals surface area (Å²) >= 11 is 1.48. The molecule has 2 rings (SSSR count). The highest BCUT2D eigenvalue weighted by atomic mass is 32.2. The Bertz CT molecular complexity index is 575. The third kappa shape index (κ3) is 3.75. The Morgan fingerprint density at radius 3 is 2.84 bits per heavy atom. The maximum absolute atomic E-state index is 13.0. The van der Waals surface area contributed by atoms with Crippen molar-refractivity contribution >= 4 is 11.8 Å². The minimum atomic E-state index is -0.565. The Hall–Kier alpha value is -1.46. The lowest BCUT2D eigenvalue weighted by molar-refractivity contribution is 0.197. The molecule has 0 saturated carbocycles. The van der Waals surface area contributed by atoms with Crippen molar-refractivity contribution in [2.24, 2.45) is 0 Å². The summed E-state index contributed by atoms with van der Waals surface area (Å²) in [7, 11) is 0. The largest absolute Gasteiger partial charge is 0.389 e. The number of hydrogen-bond acceptors (Lipinski definition) is 4. The van der Waals surface area contributed by atoms with E-state index in [-0.39, 0.29) is 5.82 Å². The van der Waals surface area contributed by atoms with Crippen LogP contribution in [0.4, 0.5) is 4.39 Å². The van der Waals surface area contributed by atoms with Crippen LogP contribution >= 0.6 is 11.8 Å². The van der Waals surface area contributed by atoms with Gasteiger partial charge in [-0.05, 0) is 32.0 Å². The van der Waals surface area contributed by atoms with Crippen LogP contribution in [0.15, 0.2) is 35.4 Å². The Morgan fingerprint density at radius 1 is 1.42 bits per heavy atom. The summed E-state index contributed by atoms with van der Waals surface area (Å²) < 4.78 is 13.0. The first-order chi connectivity index (χ1) is 9.06. The van der Waals surface area contributed by atoms with Gasteiger partial charge in [0.2, 0.25) is 0 Å². The van der Waals surface area contributed by atoms with Gasteiger partial charge < -0.3 is 5.11 Å². The molecule has 100 valence electrons. The van der Waals surface area contributed by atoms with E-state index in [0.29, 0.717) is 11.6 Å². The normalized spacial score (nSPS) is 12.4. The number of aromatic nitrogens is 2. The summed E-state index contributed by atoms with van der Waals surface area (Å²) in [6, 6.07) is 6.44. The molecule has 3 nitrogen and oxygen atoms in total. The Morgan fingerprint density at radius 2 is 2.21 bits per heavy atom. The van der Waals surface area contributed by atoms with Gasteiger partial charge in [-0.3, -0.25) is 0 Å². The highest BCUT2D eigenvalue weighted by molar-refractivity contribution is 7.98. The van der Waals surface area contributed by atoms with Crippen molar-refractivity contribution in [2.45, 2.75) is 30.6 Å². The molecule has 5 heteroatoms. The quantitative estimate of drug-likeness (QED) is 0.872. The first-order valence-electron chi connectivity index (χ1n) is 5.95. The summed E-state index contributed by atoms with van der Waals surface area (Å²) in [5, 5.41) is 9.51. The second kappa shape index (κ2) is 6.12. The number of hydrogen-bond donors (Lipinski definition) is 1. The summed E-state index contributed by atoms with van der Waals surface area (Å²) in [6.07, 6.45) is 1.08. The van der Waals surface area contributed by atoms with Crippen LogP contribution in [0.25, 0.3) is 0 Å². The van der Waals surface area contributed by atoms with Gasteiger partial charge >= 0.3 is 0 Å². The SMILES string of the molecule is Cc1nc(CSc2cccc(F)c2)ncc1[C@H](C)O. The minimum absolute atomic E-state index is 0.244. The molecule has 0 fully saturated rings. The molecule has 0 saturated heterocycles. The van der Waals surface area contributed by atoms with Crippen molar-refractivity contribution in [3.8, 4) is 0 Å². The molecule has 0 aliphatic rings. The van der Waals surface area contributed by atoms with Gasteiger partial charge in [0.25, 0.3) is 0 Å². The van der Waals surface area contributed by atoms with Crippen molar-refractivity contribution in [2.75, 3.05) is 0 Å². The molecular formula is C14H15FN2OS. The minimum Gasteiger partial charge on any atom is -0.389 e. The van der Waals surface area contributed by atoms with E-state index in [2.05, 4.69) is 9.97 Å². The average molecular weight is 278 g/mol. The highest BCUT2D eigenvalue weighted by Gasteiger charge is 2.08. The third-order valence-electron chi connectivity index (χ3n) is 2.68. The number of benzene rings is 1. The number of halogens is 1. The monoisotopic (exact) mass is 278 g/mol. The molecule has 1 heterocycles. The molecule has 1 N–H and O–H groups in total. The van der Waals surface area contributed by atoms with Crippen LogP contribution in [-0.4, -0.2) is 15.1 Å². The Balaban J connectivity index is 2.06. The first-order valence-corrected chi connectivity index (χ1v) is 6.93. The number of nitrogens with zero attached hydrogens (tertiary/aromatic N) is 2. The van der Waals surface area contributed by atoms with Crippen LogP contribution in [0, 0.1) is 12.7 Å². The predicted molar refractivity (Wildman–Crippen MR) is 73.4 cm³/mol. The smallest absolute Gasteiger partial charge is 0.138 e. The van der Waals surface area contributed by atoms with E-state index in [1.807, 2.05) is 13.0 Å². The molecule has 2 aromatic rings. The van der Waals surface area contributed by atoms with E-state index in [1.54, 1.807) is 19.2 Å². The second-order valence-corrected chi connectivity index (χ2v) is 5.30. The van der Waals surface area contributed by atoms with Crippen molar-refractivity contribution in [1.29, 1.82) is 0 Å². The molecule has 0 unspecified atom stereocenters. The number of aliphatic hydroxyl groups is 1. The van der Waals surface area contributed by atoms with E-state index in [0.717, 1.165) is 16.2 Å². The van der Waals surface area contributed by atoms with Gasteiger partial charge in [-0.25, -0.2) is 14.4 Å². The molecule has 0 amide bonds. The Labute approximate surface area is 115 Å². The van der Waals surface area contributed by atoms with Crippen LogP contribution in [0.1, 0.15) is 30.1 Å². The highest BCUT2D eigenvalue weighted by Crippen LogP contribution is 2.22. The van der Waals surface area contributed by atoms with Crippen LogP contribution in [-0.2, 0) is 5.75 Å². The first kappa shape index (κ1) is 14.0. The zero-order chi connectivity index (χ0) is 13.8. The average Bonchev–Trinajstić information content (AvgIpc) is 2.36. The zero-order valence-electron chi connectivity index (χ0n) is 10.8. The molecule has 0 aliphatic heterocycles. The van der Waals surface area contributed by atoms with Crippen LogP contribution in [0.5, 0.6) is 0 Å². The molecule has 0 bridgehead atoms. The van der Waals surface area contributed by atoms with Crippen LogP contribution < -0.4 is 0 Å². The fourth-order valence-corrected chi connectivity index (χ4v) is 2.51. The predicted octanol–water partition coefficient (Wildman–Crippen LogP) is 3.27. The third-order valence-corrected chi connectivity index (χ3v) is 3.67. The summed E-state index contributed by atoms with van der Waals surface area (Å²) in [5.41, 5.74) is 1.51. The van der Waals surface area contributed by atoms with Crippen molar-refractivity contribution < 1.29 is 9.50 Å². The van der Waals surface area contributed by atoms with Crippen molar-refractivity contribution in [3.05, 3.63) is 53.4 Å². The lowest BCUT2D eigenvalue weighted by Gasteiger charge is -2.08. The van der Waals surface area contributed by atoms with E-state index in [1.165, 1.54) is 23.9 Å². The standard InChI is InChI=1S/C14H15FN2OS/c1-9-13(10(2)18)7-16-14(17-9)8-19-12-5-3-4-11(15)6-12/h3-7,10,18H,8H2,1-2H3/t10-/m0/s1. The molecule has 1 aromatic carbocycles.